The summed E-state index contributed by atoms with van der Waals surface area (Å²) in [5, 5.41) is 9.17. The Morgan fingerprint density at radius 1 is 1.23 bits per heavy atom. The van der Waals surface area contributed by atoms with Crippen LogP contribution in [0.3, 0.4) is 0 Å². The molecule has 0 saturated carbocycles. The molecular formula is C20H14ClNO6S2. The van der Waals surface area contributed by atoms with Crippen molar-refractivity contribution in [3.8, 4) is 11.5 Å². The number of amides is 1. The van der Waals surface area contributed by atoms with E-state index in [4.69, 9.17) is 38.4 Å². The predicted molar refractivity (Wildman–Crippen MR) is 117 cm³/mol. The lowest BCUT2D eigenvalue weighted by atomic mass is 10.1. The van der Waals surface area contributed by atoms with Gasteiger partial charge in [0.15, 0.2) is 11.5 Å². The summed E-state index contributed by atoms with van der Waals surface area (Å²) in [4.78, 5) is 37.0. The van der Waals surface area contributed by atoms with Gasteiger partial charge in [-0.25, -0.2) is 4.79 Å². The fourth-order valence-corrected chi connectivity index (χ4v) is 4.03. The van der Waals surface area contributed by atoms with Gasteiger partial charge in [-0.15, -0.1) is 0 Å². The van der Waals surface area contributed by atoms with Crippen molar-refractivity contribution < 1.29 is 29.0 Å². The molecule has 1 saturated heterocycles. The molecule has 0 atom stereocenters. The van der Waals surface area contributed by atoms with E-state index in [-0.39, 0.29) is 31.3 Å². The SMILES string of the molecule is COc1cc(/C=C2\SC(=S)N(CC(=O)O)C2=O)ccc1OC(=O)c1ccccc1Cl. The zero-order valence-electron chi connectivity index (χ0n) is 15.5. The Morgan fingerprint density at radius 3 is 2.63 bits per heavy atom. The molecule has 7 nitrogen and oxygen atoms in total. The summed E-state index contributed by atoms with van der Waals surface area (Å²) in [7, 11) is 1.41. The van der Waals surface area contributed by atoms with E-state index in [1.54, 1.807) is 42.5 Å². The lowest BCUT2D eigenvalue weighted by Crippen LogP contribution is -2.33. The number of ether oxygens (including phenoxy) is 2. The molecule has 1 heterocycles. The molecule has 154 valence electrons. The van der Waals surface area contributed by atoms with Gasteiger partial charge in [-0.05, 0) is 35.9 Å². The van der Waals surface area contributed by atoms with Crippen molar-refractivity contribution in [3.05, 3.63) is 63.5 Å². The Morgan fingerprint density at radius 2 is 1.97 bits per heavy atom. The summed E-state index contributed by atoms with van der Waals surface area (Å²) >= 11 is 12.1. The highest BCUT2D eigenvalue weighted by atomic mass is 35.5. The summed E-state index contributed by atoms with van der Waals surface area (Å²) in [6.07, 6.45) is 1.56. The number of carboxylic acid groups (broad SMARTS) is 1. The van der Waals surface area contributed by atoms with E-state index in [0.29, 0.717) is 5.56 Å². The van der Waals surface area contributed by atoms with Crippen LogP contribution < -0.4 is 9.47 Å². The van der Waals surface area contributed by atoms with Crippen LogP contribution in [0.1, 0.15) is 15.9 Å². The molecule has 0 spiro atoms. The van der Waals surface area contributed by atoms with Gasteiger partial charge in [0.05, 0.1) is 22.6 Å². The quantitative estimate of drug-likeness (QED) is 0.299. The van der Waals surface area contributed by atoms with Crippen LogP contribution in [0.15, 0.2) is 47.4 Å². The molecule has 2 aromatic carbocycles. The van der Waals surface area contributed by atoms with Crippen molar-refractivity contribution in [3.63, 3.8) is 0 Å². The highest BCUT2D eigenvalue weighted by molar-refractivity contribution is 8.26. The number of rotatable bonds is 6. The number of esters is 1. The molecule has 2 aromatic rings. The maximum absolute atomic E-state index is 12.4. The van der Waals surface area contributed by atoms with Gasteiger partial charge in [0.2, 0.25) is 0 Å². The number of thiocarbonyl (C=S) groups is 1. The van der Waals surface area contributed by atoms with Crippen molar-refractivity contribution in [2.75, 3.05) is 13.7 Å². The zero-order chi connectivity index (χ0) is 21.8. The maximum Gasteiger partial charge on any atom is 0.345 e. The van der Waals surface area contributed by atoms with Crippen LogP contribution in [-0.4, -0.2) is 45.8 Å². The van der Waals surface area contributed by atoms with Crippen LogP contribution in [-0.2, 0) is 9.59 Å². The fraction of sp³-hybridized carbons (Fsp3) is 0.100. The van der Waals surface area contributed by atoms with Crippen LogP contribution in [0.25, 0.3) is 6.08 Å². The number of benzene rings is 2. The van der Waals surface area contributed by atoms with Gasteiger partial charge in [0.1, 0.15) is 10.9 Å². The van der Waals surface area contributed by atoms with E-state index in [1.165, 1.54) is 13.2 Å². The second-order valence-corrected chi connectivity index (χ2v) is 8.02. The number of methoxy groups -OCH3 is 1. The van der Waals surface area contributed by atoms with Crippen LogP contribution in [0.2, 0.25) is 5.02 Å². The number of carbonyl (C=O) groups is 3. The molecule has 3 rings (SSSR count). The highest BCUT2D eigenvalue weighted by Crippen LogP contribution is 2.35. The predicted octanol–water partition coefficient (Wildman–Crippen LogP) is 3.85. The molecule has 1 aliphatic rings. The second kappa shape index (κ2) is 9.29. The second-order valence-electron chi connectivity index (χ2n) is 5.94. The van der Waals surface area contributed by atoms with Gasteiger partial charge in [-0.3, -0.25) is 14.5 Å². The lowest BCUT2D eigenvalue weighted by Gasteiger charge is -2.11. The molecular weight excluding hydrogens is 450 g/mol. The third kappa shape index (κ3) is 4.81. The molecule has 0 radical (unpaired) electrons. The number of aliphatic carboxylic acids is 1. The minimum absolute atomic E-state index is 0.172. The van der Waals surface area contributed by atoms with Gasteiger partial charge in [0, 0.05) is 0 Å². The first-order valence-corrected chi connectivity index (χ1v) is 10.0. The van der Waals surface area contributed by atoms with E-state index in [1.807, 2.05) is 0 Å². The Bertz CT molecular complexity index is 1080. The number of carbonyl (C=O) groups excluding carboxylic acids is 2. The molecule has 0 unspecified atom stereocenters. The zero-order valence-corrected chi connectivity index (χ0v) is 17.8. The van der Waals surface area contributed by atoms with Crippen LogP contribution in [0.4, 0.5) is 0 Å². The van der Waals surface area contributed by atoms with Crippen molar-refractivity contribution in [2.24, 2.45) is 0 Å². The molecule has 1 aliphatic heterocycles. The number of nitrogens with zero attached hydrogens (tertiary/aromatic N) is 1. The van der Waals surface area contributed by atoms with Crippen LogP contribution >= 0.6 is 35.6 Å². The molecule has 0 aliphatic carbocycles. The first-order valence-electron chi connectivity index (χ1n) is 8.42. The number of hydrogen-bond donors (Lipinski definition) is 1. The number of halogens is 1. The molecule has 1 amide bonds. The van der Waals surface area contributed by atoms with Gasteiger partial charge >= 0.3 is 11.9 Å². The third-order valence-corrected chi connectivity index (χ3v) is 5.66. The topological polar surface area (TPSA) is 93.1 Å². The van der Waals surface area contributed by atoms with Gasteiger partial charge in [-0.2, -0.15) is 0 Å². The minimum atomic E-state index is -1.15. The summed E-state index contributed by atoms with van der Waals surface area (Å²) in [6.45, 7) is -0.498. The first-order chi connectivity index (χ1) is 14.3. The molecule has 1 fully saturated rings. The number of hydrogen-bond acceptors (Lipinski definition) is 7. The third-order valence-electron chi connectivity index (χ3n) is 3.95. The van der Waals surface area contributed by atoms with E-state index < -0.39 is 24.4 Å². The first kappa shape index (κ1) is 21.8. The minimum Gasteiger partial charge on any atom is -0.493 e. The van der Waals surface area contributed by atoms with Crippen molar-refractivity contribution in [2.45, 2.75) is 0 Å². The van der Waals surface area contributed by atoms with Gasteiger partial charge in [-0.1, -0.05) is 53.8 Å². The van der Waals surface area contributed by atoms with Crippen molar-refractivity contribution in [1.29, 1.82) is 0 Å². The van der Waals surface area contributed by atoms with Crippen molar-refractivity contribution in [1.82, 2.24) is 4.90 Å². The number of carboxylic acids is 1. The maximum atomic E-state index is 12.4. The molecule has 0 bridgehead atoms. The van der Waals surface area contributed by atoms with Crippen LogP contribution in [0, 0.1) is 0 Å². The van der Waals surface area contributed by atoms with E-state index >= 15 is 0 Å². The lowest BCUT2D eigenvalue weighted by molar-refractivity contribution is -0.140. The number of thioether (sulfide) groups is 1. The Labute approximate surface area is 186 Å². The average molecular weight is 464 g/mol. The van der Waals surface area contributed by atoms with E-state index in [2.05, 4.69) is 0 Å². The summed E-state index contributed by atoms with van der Waals surface area (Å²) < 4.78 is 10.9. The van der Waals surface area contributed by atoms with Crippen LogP contribution in [0.5, 0.6) is 11.5 Å². The van der Waals surface area contributed by atoms with E-state index in [9.17, 15) is 14.4 Å². The standard InChI is InChI=1S/C20H14ClNO6S2/c1-27-15-8-11(9-16-18(25)22(10-17(23)24)20(29)30-16)6-7-14(15)28-19(26)12-4-2-3-5-13(12)21/h2-9H,10H2,1H3,(H,23,24)/b16-9-. The summed E-state index contributed by atoms with van der Waals surface area (Å²) in [5.41, 5.74) is 0.799. The summed E-state index contributed by atoms with van der Waals surface area (Å²) in [5.74, 6) is -1.83. The normalized spacial score (nSPS) is 14.9. The van der Waals surface area contributed by atoms with Crippen molar-refractivity contribution >= 4 is 63.8 Å². The van der Waals surface area contributed by atoms with Gasteiger partial charge < -0.3 is 14.6 Å². The Balaban J connectivity index is 1.82. The molecule has 10 heteroatoms. The highest BCUT2D eigenvalue weighted by Gasteiger charge is 2.33. The van der Waals surface area contributed by atoms with Gasteiger partial charge in [0.25, 0.3) is 5.91 Å². The molecule has 0 aromatic heterocycles. The molecule has 1 N–H and O–H groups in total. The van der Waals surface area contributed by atoms with E-state index in [0.717, 1.165) is 16.7 Å². The largest absolute Gasteiger partial charge is 0.493 e. The average Bonchev–Trinajstić information content (AvgIpc) is 2.96. The summed E-state index contributed by atoms with van der Waals surface area (Å²) in [6, 6.07) is 11.2. The monoisotopic (exact) mass is 463 g/mol. The fourth-order valence-electron chi connectivity index (χ4n) is 2.56. The smallest absolute Gasteiger partial charge is 0.345 e. The Hall–Kier alpha value is -2.88. The Kier molecular flexibility index (Phi) is 6.76. The molecule has 30 heavy (non-hydrogen) atoms.